The Hall–Kier alpha value is -3.31. The quantitative estimate of drug-likeness (QED) is 0.455. The molecule has 0 unspecified atom stereocenters. The Kier molecular flexibility index (Phi) is 6.07. The second-order valence-electron chi connectivity index (χ2n) is 6.90. The summed E-state index contributed by atoms with van der Waals surface area (Å²) >= 11 is 0. The third-order valence-electron chi connectivity index (χ3n) is 4.76. The first-order chi connectivity index (χ1) is 14.3. The van der Waals surface area contributed by atoms with Crippen molar-refractivity contribution >= 4 is 0 Å². The maximum atomic E-state index is 13.8. The molecule has 0 saturated carbocycles. The van der Waals surface area contributed by atoms with E-state index >= 15 is 0 Å². The Balaban J connectivity index is 1.47. The van der Waals surface area contributed by atoms with Gasteiger partial charge >= 0.3 is 0 Å². The van der Waals surface area contributed by atoms with Gasteiger partial charge in [0.1, 0.15) is 17.2 Å². The molecule has 29 heavy (non-hydrogen) atoms. The second kappa shape index (κ2) is 9.26. The van der Waals surface area contributed by atoms with E-state index in [-0.39, 0.29) is 5.82 Å². The van der Waals surface area contributed by atoms with Gasteiger partial charge in [0, 0.05) is 12.1 Å². The molecule has 0 radical (unpaired) electrons. The zero-order valence-electron chi connectivity index (χ0n) is 16.1. The van der Waals surface area contributed by atoms with Crippen LogP contribution in [0.15, 0.2) is 84.9 Å². The Bertz CT molecular complexity index is 1040. The maximum absolute atomic E-state index is 13.8. The van der Waals surface area contributed by atoms with Crippen molar-refractivity contribution in [1.82, 2.24) is 20.3 Å². The summed E-state index contributed by atoms with van der Waals surface area (Å²) in [6.07, 6.45) is 0.630. The maximum Gasteiger partial charge on any atom is 0.126 e. The van der Waals surface area contributed by atoms with Crippen molar-refractivity contribution in [1.29, 1.82) is 0 Å². The zero-order chi connectivity index (χ0) is 19.9. The van der Waals surface area contributed by atoms with Gasteiger partial charge < -0.3 is 5.32 Å². The smallest absolute Gasteiger partial charge is 0.126 e. The Morgan fingerprint density at radius 3 is 2.24 bits per heavy atom. The highest BCUT2D eigenvalue weighted by molar-refractivity contribution is 5.60. The minimum atomic E-state index is -0.159. The molecule has 0 atom stereocenters. The van der Waals surface area contributed by atoms with Crippen molar-refractivity contribution in [3.8, 4) is 11.3 Å². The van der Waals surface area contributed by atoms with Crippen molar-refractivity contribution in [3.05, 3.63) is 108 Å². The van der Waals surface area contributed by atoms with Gasteiger partial charge in [-0.15, -0.1) is 0 Å². The summed E-state index contributed by atoms with van der Waals surface area (Å²) < 4.78 is 13.8. The highest BCUT2D eigenvalue weighted by atomic mass is 19.1. The van der Waals surface area contributed by atoms with Crippen LogP contribution in [0.3, 0.4) is 0 Å². The van der Waals surface area contributed by atoms with Crippen molar-refractivity contribution in [2.75, 3.05) is 6.54 Å². The first-order valence-corrected chi connectivity index (χ1v) is 9.77. The third kappa shape index (κ3) is 4.95. The van der Waals surface area contributed by atoms with Crippen LogP contribution in [0.4, 0.5) is 4.39 Å². The van der Waals surface area contributed by atoms with Gasteiger partial charge in [-0.25, -0.2) is 4.39 Å². The Labute approximate surface area is 170 Å². The average molecular weight is 386 g/mol. The van der Waals surface area contributed by atoms with Crippen molar-refractivity contribution in [3.63, 3.8) is 0 Å². The normalized spacial score (nSPS) is 10.9. The third-order valence-corrected chi connectivity index (χ3v) is 4.76. The zero-order valence-corrected chi connectivity index (χ0v) is 16.1. The summed E-state index contributed by atoms with van der Waals surface area (Å²) in [5.74, 6) is -0.159. The van der Waals surface area contributed by atoms with Crippen LogP contribution < -0.4 is 5.32 Å². The molecule has 0 aliphatic rings. The number of hydrogen-bond acceptors (Lipinski definition) is 3. The molecule has 146 valence electrons. The SMILES string of the molecule is Fc1ccccc1CCNCc1nn(Cc2ccccc2)nc1-c1ccccc1. The van der Waals surface area contributed by atoms with E-state index in [4.69, 9.17) is 10.2 Å². The molecule has 0 spiro atoms. The molecule has 5 heteroatoms. The minimum Gasteiger partial charge on any atom is -0.311 e. The Morgan fingerprint density at radius 2 is 1.48 bits per heavy atom. The fourth-order valence-electron chi connectivity index (χ4n) is 3.27. The van der Waals surface area contributed by atoms with Crippen molar-refractivity contribution in [2.24, 2.45) is 0 Å². The van der Waals surface area contributed by atoms with Gasteiger partial charge in [-0.05, 0) is 30.2 Å². The van der Waals surface area contributed by atoms with Crippen molar-refractivity contribution < 1.29 is 4.39 Å². The van der Waals surface area contributed by atoms with Gasteiger partial charge in [-0.3, -0.25) is 0 Å². The summed E-state index contributed by atoms with van der Waals surface area (Å²) in [7, 11) is 0. The summed E-state index contributed by atoms with van der Waals surface area (Å²) in [6.45, 7) is 1.87. The topological polar surface area (TPSA) is 42.7 Å². The molecule has 0 aliphatic heterocycles. The Morgan fingerprint density at radius 1 is 0.793 bits per heavy atom. The lowest BCUT2D eigenvalue weighted by Crippen LogP contribution is -2.18. The molecule has 0 fully saturated rings. The second-order valence-corrected chi connectivity index (χ2v) is 6.90. The average Bonchev–Trinajstić information content (AvgIpc) is 3.16. The molecular weight excluding hydrogens is 363 g/mol. The predicted octanol–water partition coefficient (Wildman–Crippen LogP) is 4.46. The van der Waals surface area contributed by atoms with Crippen LogP contribution in [-0.2, 0) is 19.5 Å². The van der Waals surface area contributed by atoms with E-state index in [1.54, 1.807) is 10.9 Å². The lowest BCUT2D eigenvalue weighted by molar-refractivity contribution is 0.573. The van der Waals surface area contributed by atoms with Crippen LogP contribution in [0.2, 0.25) is 0 Å². The monoisotopic (exact) mass is 386 g/mol. The molecule has 0 amide bonds. The number of aromatic nitrogens is 3. The molecule has 4 aromatic rings. The number of nitrogens with zero attached hydrogens (tertiary/aromatic N) is 3. The van der Waals surface area contributed by atoms with Crippen LogP contribution in [-0.4, -0.2) is 21.5 Å². The van der Waals surface area contributed by atoms with Crippen LogP contribution in [0.1, 0.15) is 16.8 Å². The highest BCUT2D eigenvalue weighted by Crippen LogP contribution is 2.20. The molecule has 0 aliphatic carbocycles. The number of hydrogen-bond donors (Lipinski definition) is 1. The summed E-state index contributed by atoms with van der Waals surface area (Å²) in [5, 5.41) is 12.8. The van der Waals surface area contributed by atoms with E-state index in [0.717, 1.165) is 28.1 Å². The van der Waals surface area contributed by atoms with Crippen molar-refractivity contribution in [2.45, 2.75) is 19.5 Å². The van der Waals surface area contributed by atoms with Crippen LogP contribution in [0.5, 0.6) is 0 Å². The van der Waals surface area contributed by atoms with Crippen LogP contribution in [0.25, 0.3) is 11.3 Å². The predicted molar refractivity (Wildman–Crippen MR) is 113 cm³/mol. The summed E-state index contributed by atoms with van der Waals surface area (Å²) in [5.41, 5.74) is 4.68. The fraction of sp³-hybridized carbons (Fsp3) is 0.167. The lowest BCUT2D eigenvalue weighted by Gasteiger charge is -2.05. The van der Waals surface area contributed by atoms with Gasteiger partial charge in [0.2, 0.25) is 0 Å². The van der Waals surface area contributed by atoms with Gasteiger partial charge in [-0.2, -0.15) is 15.0 Å². The van der Waals surface area contributed by atoms with E-state index in [1.165, 1.54) is 6.07 Å². The number of nitrogens with one attached hydrogen (secondary N) is 1. The molecule has 1 heterocycles. The fourth-order valence-corrected chi connectivity index (χ4v) is 3.27. The summed E-state index contributed by atoms with van der Waals surface area (Å²) in [6, 6.07) is 27.1. The van der Waals surface area contributed by atoms with Gasteiger partial charge in [0.15, 0.2) is 0 Å². The van der Waals surface area contributed by atoms with Gasteiger partial charge in [-0.1, -0.05) is 78.9 Å². The minimum absolute atomic E-state index is 0.159. The standard InChI is InChI=1S/C24H23FN4/c25-22-14-8-7-11-20(22)15-16-26-17-23-24(21-12-5-2-6-13-21)28-29(27-23)18-19-9-3-1-4-10-19/h1-14,26H,15-18H2. The molecule has 1 N–H and O–H groups in total. The largest absolute Gasteiger partial charge is 0.311 e. The van der Waals surface area contributed by atoms with E-state index < -0.39 is 0 Å². The number of halogens is 1. The molecule has 0 saturated heterocycles. The van der Waals surface area contributed by atoms with Crippen LogP contribution in [0, 0.1) is 5.82 Å². The molecule has 4 rings (SSSR count). The lowest BCUT2D eigenvalue weighted by atomic mass is 10.1. The van der Waals surface area contributed by atoms with E-state index in [1.807, 2.05) is 60.7 Å². The molecule has 3 aromatic carbocycles. The first kappa shape index (κ1) is 19.0. The first-order valence-electron chi connectivity index (χ1n) is 9.77. The van der Waals surface area contributed by atoms with E-state index in [2.05, 4.69) is 17.4 Å². The van der Waals surface area contributed by atoms with E-state index in [0.29, 0.717) is 26.1 Å². The van der Waals surface area contributed by atoms with E-state index in [9.17, 15) is 4.39 Å². The highest BCUT2D eigenvalue weighted by Gasteiger charge is 2.13. The molecule has 1 aromatic heterocycles. The van der Waals surface area contributed by atoms with Gasteiger partial charge in [0.25, 0.3) is 0 Å². The van der Waals surface area contributed by atoms with Crippen LogP contribution >= 0.6 is 0 Å². The number of benzene rings is 3. The summed E-state index contributed by atoms with van der Waals surface area (Å²) in [4.78, 5) is 1.74. The molecule has 4 nitrogen and oxygen atoms in total. The van der Waals surface area contributed by atoms with Gasteiger partial charge in [0.05, 0.1) is 6.54 Å². The molecule has 0 bridgehead atoms. The molecular formula is C24H23FN4. The number of rotatable bonds is 8.